The van der Waals surface area contributed by atoms with Crippen molar-refractivity contribution in [2.24, 2.45) is 5.73 Å². The lowest BCUT2D eigenvalue weighted by molar-refractivity contribution is -0.0674. The van der Waals surface area contributed by atoms with Crippen LogP contribution < -0.4 is 15.8 Å². The number of aromatic nitrogens is 3. The second kappa shape index (κ2) is 7.51. The summed E-state index contributed by atoms with van der Waals surface area (Å²) in [4.78, 5) is 16.8. The van der Waals surface area contributed by atoms with E-state index in [0.717, 1.165) is 11.3 Å². The summed E-state index contributed by atoms with van der Waals surface area (Å²) < 4.78 is 35.0. The van der Waals surface area contributed by atoms with Gasteiger partial charge in [0.05, 0.1) is 35.7 Å². The number of fused-ring (bicyclic) bond motifs is 1. The summed E-state index contributed by atoms with van der Waals surface area (Å²) in [5.41, 5.74) is 7.51. The summed E-state index contributed by atoms with van der Waals surface area (Å²) >= 11 is 7.40. The Balaban J connectivity index is 1.60. The monoisotopic (exact) mass is 441 g/mol. The lowest BCUT2D eigenvalue weighted by Gasteiger charge is -2.36. The van der Waals surface area contributed by atoms with Gasteiger partial charge in [-0.1, -0.05) is 11.6 Å². The van der Waals surface area contributed by atoms with Crippen LogP contribution in [-0.4, -0.2) is 45.6 Å². The molecule has 4 rings (SSSR count). The molecular formula is C18H18ClF2N5O2S. The van der Waals surface area contributed by atoms with E-state index < -0.39 is 23.9 Å². The van der Waals surface area contributed by atoms with Crippen LogP contribution in [0.25, 0.3) is 16.8 Å². The van der Waals surface area contributed by atoms with Crippen LogP contribution in [0.2, 0.25) is 5.02 Å². The summed E-state index contributed by atoms with van der Waals surface area (Å²) in [5.74, 6) is -3.17. The molecule has 0 saturated heterocycles. The zero-order valence-electron chi connectivity index (χ0n) is 15.4. The number of ether oxygens (including phenoxy) is 1. The second-order valence-electron chi connectivity index (χ2n) is 6.89. The first-order valence-corrected chi connectivity index (χ1v) is 10.2. The average molecular weight is 442 g/mol. The van der Waals surface area contributed by atoms with Crippen molar-refractivity contribution in [2.75, 3.05) is 7.11 Å². The Hall–Kier alpha value is -2.30. The standard InChI is InChI=1S/C18H18ClF2N5O2S/c1-28-9-5-11(19)14-10(6-23-26(14)7-9)13-8-29-17(24-13)16(27)25-15-12(22)3-2-4-18(15,20)21/h5-8,12,15H,2-4,22H2,1H3,(H,25,27)/t12-,15+/m0/s1. The summed E-state index contributed by atoms with van der Waals surface area (Å²) in [5, 5.41) is 8.74. The van der Waals surface area contributed by atoms with Gasteiger partial charge in [0.2, 0.25) is 0 Å². The molecule has 1 amide bonds. The molecule has 3 heterocycles. The van der Waals surface area contributed by atoms with Gasteiger partial charge in [-0.2, -0.15) is 5.10 Å². The lowest BCUT2D eigenvalue weighted by atomic mass is 9.87. The fourth-order valence-corrected chi connectivity index (χ4v) is 4.49. The molecule has 1 fully saturated rings. The molecule has 2 atom stereocenters. The van der Waals surface area contributed by atoms with Crippen molar-refractivity contribution in [2.45, 2.75) is 37.3 Å². The number of carbonyl (C=O) groups is 1. The smallest absolute Gasteiger partial charge is 0.280 e. The molecule has 3 aromatic heterocycles. The fraction of sp³-hybridized carbons (Fsp3) is 0.389. The van der Waals surface area contributed by atoms with Gasteiger partial charge in [-0.15, -0.1) is 11.3 Å². The number of methoxy groups -OCH3 is 1. The minimum absolute atomic E-state index is 0.0672. The highest BCUT2D eigenvalue weighted by Crippen LogP contribution is 2.34. The van der Waals surface area contributed by atoms with Crippen LogP contribution in [0.4, 0.5) is 8.78 Å². The Bertz CT molecular complexity index is 1070. The fourth-order valence-electron chi connectivity index (χ4n) is 3.47. The molecule has 11 heteroatoms. The van der Waals surface area contributed by atoms with E-state index in [9.17, 15) is 13.6 Å². The third-order valence-corrected chi connectivity index (χ3v) is 6.10. The molecule has 0 spiro atoms. The van der Waals surface area contributed by atoms with Crippen molar-refractivity contribution in [3.8, 4) is 17.0 Å². The number of halogens is 3. The van der Waals surface area contributed by atoms with Gasteiger partial charge in [0.15, 0.2) is 5.01 Å². The first kappa shape index (κ1) is 20.0. The molecule has 1 aliphatic carbocycles. The van der Waals surface area contributed by atoms with Gasteiger partial charge in [0.25, 0.3) is 11.8 Å². The molecule has 1 saturated carbocycles. The highest BCUT2D eigenvalue weighted by Gasteiger charge is 2.46. The molecule has 1 aliphatic rings. The Morgan fingerprint density at radius 1 is 1.52 bits per heavy atom. The van der Waals surface area contributed by atoms with Crippen molar-refractivity contribution < 1.29 is 18.3 Å². The molecule has 0 unspecified atom stereocenters. The van der Waals surface area contributed by atoms with Crippen LogP contribution in [0.5, 0.6) is 5.75 Å². The number of hydrogen-bond donors (Lipinski definition) is 2. The number of carbonyl (C=O) groups excluding carboxylic acids is 1. The molecule has 3 aromatic rings. The third-order valence-electron chi connectivity index (χ3n) is 4.97. The average Bonchev–Trinajstić information content (AvgIpc) is 3.31. The van der Waals surface area contributed by atoms with Crippen LogP contribution in [-0.2, 0) is 0 Å². The summed E-state index contributed by atoms with van der Waals surface area (Å²) in [7, 11) is 1.52. The van der Waals surface area contributed by atoms with Gasteiger partial charge in [-0.05, 0) is 12.8 Å². The maximum Gasteiger partial charge on any atom is 0.280 e. The maximum absolute atomic E-state index is 14.2. The van der Waals surface area contributed by atoms with E-state index in [1.165, 1.54) is 7.11 Å². The van der Waals surface area contributed by atoms with Gasteiger partial charge in [-0.25, -0.2) is 18.3 Å². The molecule has 0 radical (unpaired) electrons. The van der Waals surface area contributed by atoms with Gasteiger partial charge in [0, 0.05) is 29.5 Å². The van der Waals surface area contributed by atoms with E-state index in [4.69, 9.17) is 22.1 Å². The van der Waals surface area contributed by atoms with Crippen LogP contribution in [0.15, 0.2) is 23.8 Å². The highest BCUT2D eigenvalue weighted by molar-refractivity contribution is 7.12. The quantitative estimate of drug-likeness (QED) is 0.647. The number of thiazole rings is 1. The Morgan fingerprint density at radius 3 is 3.03 bits per heavy atom. The van der Waals surface area contributed by atoms with E-state index >= 15 is 0 Å². The molecule has 7 nitrogen and oxygen atoms in total. The van der Waals surface area contributed by atoms with Crippen molar-refractivity contribution >= 4 is 34.4 Å². The molecule has 0 aromatic carbocycles. The van der Waals surface area contributed by atoms with Crippen molar-refractivity contribution in [3.05, 3.63) is 33.9 Å². The van der Waals surface area contributed by atoms with Gasteiger partial charge < -0.3 is 15.8 Å². The molecule has 0 aliphatic heterocycles. The van der Waals surface area contributed by atoms with Gasteiger partial charge in [0.1, 0.15) is 11.8 Å². The molecule has 154 valence electrons. The number of nitrogens with zero attached hydrogens (tertiary/aromatic N) is 3. The minimum Gasteiger partial charge on any atom is -0.495 e. The van der Waals surface area contributed by atoms with Crippen LogP contribution in [0.3, 0.4) is 0 Å². The van der Waals surface area contributed by atoms with Crippen LogP contribution >= 0.6 is 22.9 Å². The number of nitrogens with two attached hydrogens (primary N) is 1. The summed E-state index contributed by atoms with van der Waals surface area (Å²) in [6, 6.07) is -0.556. The number of amides is 1. The summed E-state index contributed by atoms with van der Waals surface area (Å²) in [6.45, 7) is 0. The van der Waals surface area contributed by atoms with E-state index in [1.807, 2.05) is 0 Å². The second-order valence-corrected chi connectivity index (χ2v) is 8.15. The predicted molar refractivity (Wildman–Crippen MR) is 106 cm³/mol. The SMILES string of the molecule is COc1cc(Cl)c2c(-c3csc(C(=O)N[C@@H]4[C@@H](N)CCCC4(F)F)n3)cnn2c1. The topological polar surface area (TPSA) is 94.5 Å². The summed E-state index contributed by atoms with van der Waals surface area (Å²) in [6.07, 6.45) is 3.72. The minimum atomic E-state index is -3.04. The number of pyridine rings is 1. The van der Waals surface area contributed by atoms with Gasteiger partial charge >= 0.3 is 0 Å². The Morgan fingerprint density at radius 2 is 2.31 bits per heavy atom. The van der Waals surface area contributed by atoms with E-state index in [0.29, 0.717) is 40.4 Å². The molecular weight excluding hydrogens is 424 g/mol. The molecule has 3 N–H and O–H groups in total. The Kier molecular flexibility index (Phi) is 5.18. The maximum atomic E-state index is 14.2. The van der Waals surface area contributed by atoms with Crippen LogP contribution in [0.1, 0.15) is 29.1 Å². The number of alkyl halides is 2. The number of rotatable bonds is 4. The molecule has 29 heavy (non-hydrogen) atoms. The predicted octanol–water partition coefficient (Wildman–Crippen LogP) is 3.36. The number of hydrogen-bond acceptors (Lipinski definition) is 6. The highest BCUT2D eigenvalue weighted by atomic mass is 35.5. The third kappa shape index (κ3) is 3.67. The van der Waals surface area contributed by atoms with Crippen molar-refractivity contribution in [3.63, 3.8) is 0 Å². The van der Waals surface area contributed by atoms with E-state index in [-0.39, 0.29) is 11.4 Å². The lowest BCUT2D eigenvalue weighted by Crippen LogP contribution is -2.59. The van der Waals surface area contributed by atoms with E-state index in [2.05, 4.69) is 15.4 Å². The number of nitrogens with one attached hydrogen (secondary N) is 1. The molecule has 0 bridgehead atoms. The first-order valence-electron chi connectivity index (χ1n) is 8.91. The van der Waals surface area contributed by atoms with E-state index in [1.54, 1.807) is 28.4 Å². The zero-order valence-corrected chi connectivity index (χ0v) is 16.9. The van der Waals surface area contributed by atoms with Gasteiger partial charge in [-0.3, -0.25) is 4.79 Å². The largest absolute Gasteiger partial charge is 0.495 e. The Labute approximate surface area is 173 Å². The van der Waals surface area contributed by atoms with Crippen molar-refractivity contribution in [1.29, 1.82) is 0 Å². The van der Waals surface area contributed by atoms with Crippen molar-refractivity contribution in [1.82, 2.24) is 19.9 Å². The first-order chi connectivity index (χ1) is 13.8. The van der Waals surface area contributed by atoms with Crippen LogP contribution in [0, 0.1) is 0 Å². The normalized spacial score (nSPS) is 21.3. The zero-order chi connectivity index (χ0) is 20.8.